The molecule has 0 aliphatic rings. The zero-order valence-electron chi connectivity index (χ0n) is 16.3. The van der Waals surface area contributed by atoms with Gasteiger partial charge in [0, 0.05) is 12.2 Å². The molecule has 0 saturated heterocycles. The molecule has 0 spiro atoms. The minimum Gasteiger partial charge on any atom is -0.478 e. The van der Waals surface area contributed by atoms with Crippen molar-refractivity contribution < 1.29 is 19.4 Å². The molecule has 0 unspecified atom stereocenters. The lowest BCUT2D eigenvalue weighted by Gasteiger charge is -2.05. The normalized spacial score (nSPS) is 11.3. The lowest BCUT2D eigenvalue weighted by Crippen LogP contribution is -2.03. The molecule has 25 heavy (non-hydrogen) atoms. The quantitative estimate of drug-likeness (QED) is 0.201. The summed E-state index contributed by atoms with van der Waals surface area (Å²) < 4.78 is 4.92. The SMILES string of the molecule is CC(C)CCCCCCCCCCCCCCOC(=O)/C=C\C(=O)O. The Labute approximate surface area is 154 Å². The molecule has 0 heterocycles. The van der Waals surface area contributed by atoms with Crippen LogP contribution in [-0.4, -0.2) is 23.7 Å². The molecule has 0 rings (SSSR count). The predicted octanol–water partition coefficient (Wildman–Crippen LogP) is 5.90. The minimum atomic E-state index is -1.14. The number of carbonyl (C=O) groups excluding carboxylic acids is 1. The van der Waals surface area contributed by atoms with Crippen LogP contribution in [0.4, 0.5) is 0 Å². The minimum absolute atomic E-state index is 0.375. The van der Waals surface area contributed by atoms with E-state index < -0.39 is 11.9 Å². The van der Waals surface area contributed by atoms with Crippen molar-refractivity contribution in [1.82, 2.24) is 0 Å². The highest BCUT2D eigenvalue weighted by Gasteiger charge is 1.99. The van der Waals surface area contributed by atoms with Crippen LogP contribution in [0.15, 0.2) is 12.2 Å². The molecule has 4 nitrogen and oxygen atoms in total. The third kappa shape index (κ3) is 20.6. The summed E-state index contributed by atoms with van der Waals surface area (Å²) in [5, 5.41) is 8.38. The molecular weight excluding hydrogens is 316 g/mol. The number of hydrogen-bond donors (Lipinski definition) is 1. The van der Waals surface area contributed by atoms with Crippen LogP contribution in [0.5, 0.6) is 0 Å². The maximum atomic E-state index is 11.1. The van der Waals surface area contributed by atoms with Gasteiger partial charge in [-0.3, -0.25) is 0 Å². The van der Waals surface area contributed by atoms with E-state index in [1.807, 2.05) is 0 Å². The van der Waals surface area contributed by atoms with Gasteiger partial charge in [0.25, 0.3) is 0 Å². The van der Waals surface area contributed by atoms with Crippen molar-refractivity contribution in [2.45, 2.75) is 97.3 Å². The summed E-state index contributed by atoms with van der Waals surface area (Å²) in [6.45, 7) is 4.97. The number of carboxylic acids is 1. The molecule has 0 amide bonds. The number of hydrogen-bond acceptors (Lipinski definition) is 3. The van der Waals surface area contributed by atoms with Gasteiger partial charge in [0.2, 0.25) is 0 Å². The molecule has 0 radical (unpaired) electrons. The first-order valence-electron chi connectivity index (χ1n) is 10.1. The second-order valence-electron chi connectivity index (χ2n) is 7.26. The van der Waals surface area contributed by atoms with E-state index in [4.69, 9.17) is 9.84 Å². The highest BCUT2D eigenvalue weighted by Crippen LogP contribution is 2.14. The third-order valence-corrected chi connectivity index (χ3v) is 4.28. The second-order valence-corrected chi connectivity index (χ2v) is 7.26. The molecular formula is C21H38O4. The summed E-state index contributed by atoms with van der Waals surface area (Å²) in [6.07, 6.45) is 18.4. The Morgan fingerprint density at radius 3 is 1.64 bits per heavy atom. The summed E-state index contributed by atoms with van der Waals surface area (Å²) in [7, 11) is 0. The van der Waals surface area contributed by atoms with Gasteiger partial charge in [-0.05, 0) is 12.3 Å². The number of rotatable bonds is 17. The van der Waals surface area contributed by atoms with E-state index in [0.29, 0.717) is 6.61 Å². The van der Waals surface area contributed by atoms with Crippen LogP contribution >= 0.6 is 0 Å². The molecule has 0 atom stereocenters. The molecule has 0 aliphatic heterocycles. The van der Waals surface area contributed by atoms with Crippen LogP contribution in [0.25, 0.3) is 0 Å². The average Bonchev–Trinajstić information content (AvgIpc) is 2.56. The largest absolute Gasteiger partial charge is 0.478 e. The number of unbranched alkanes of at least 4 members (excludes halogenated alkanes) is 11. The number of aliphatic carboxylic acids is 1. The van der Waals surface area contributed by atoms with Gasteiger partial charge in [0.1, 0.15) is 0 Å². The Morgan fingerprint density at radius 1 is 0.760 bits per heavy atom. The Morgan fingerprint density at radius 2 is 1.20 bits per heavy atom. The van der Waals surface area contributed by atoms with E-state index >= 15 is 0 Å². The molecule has 0 aromatic rings. The lowest BCUT2D eigenvalue weighted by molar-refractivity contribution is -0.138. The van der Waals surface area contributed by atoms with E-state index in [2.05, 4.69) is 13.8 Å². The summed E-state index contributed by atoms with van der Waals surface area (Å²) in [4.78, 5) is 21.4. The first-order chi connectivity index (χ1) is 12.0. The summed E-state index contributed by atoms with van der Waals surface area (Å²) in [5.74, 6) is -0.865. The van der Waals surface area contributed by atoms with Gasteiger partial charge < -0.3 is 9.84 Å². The summed E-state index contributed by atoms with van der Waals surface area (Å²) >= 11 is 0. The van der Waals surface area contributed by atoms with Crippen molar-refractivity contribution in [1.29, 1.82) is 0 Å². The Bertz CT molecular complexity index is 361. The number of ether oxygens (including phenoxy) is 1. The van der Waals surface area contributed by atoms with Gasteiger partial charge in [-0.15, -0.1) is 0 Å². The van der Waals surface area contributed by atoms with Crippen LogP contribution in [0.3, 0.4) is 0 Å². The highest BCUT2D eigenvalue weighted by molar-refractivity contribution is 5.90. The first kappa shape index (κ1) is 23.7. The fraction of sp³-hybridized carbons (Fsp3) is 0.810. The molecule has 4 heteroatoms. The smallest absolute Gasteiger partial charge is 0.331 e. The van der Waals surface area contributed by atoms with E-state index in [9.17, 15) is 9.59 Å². The highest BCUT2D eigenvalue weighted by atomic mass is 16.5. The fourth-order valence-electron chi connectivity index (χ4n) is 2.78. The van der Waals surface area contributed by atoms with E-state index in [1.165, 1.54) is 70.6 Å². The van der Waals surface area contributed by atoms with Crippen molar-refractivity contribution in [3.8, 4) is 0 Å². The maximum absolute atomic E-state index is 11.1. The zero-order chi connectivity index (χ0) is 18.8. The zero-order valence-corrected chi connectivity index (χ0v) is 16.3. The first-order valence-corrected chi connectivity index (χ1v) is 10.1. The van der Waals surface area contributed by atoms with Gasteiger partial charge in [-0.25, -0.2) is 9.59 Å². The second kappa shape index (κ2) is 17.5. The van der Waals surface area contributed by atoms with Crippen LogP contribution in [-0.2, 0) is 14.3 Å². The molecule has 0 aromatic heterocycles. The van der Waals surface area contributed by atoms with E-state index in [0.717, 1.165) is 30.9 Å². The van der Waals surface area contributed by atoms with Crippen molar-refractivity contribution >= 4 is 11.9 Å². The Balaban J connectivity index is 3.16. The molecule has 146 valence electrons. The van der Waals surface area contributed by atoms with Crippen molar-refractivity contribution in [3.05, 3.63) is 12.2 Å². The number of carboxylic acid groups (broad SMARTS) is 1. The van der Waals surface area contributed by atoms with Crippen molar-refractivity contribution in [2.24, 2.45) is 5.92 Å². The summed E-state index contributed by atoms with van der Waals surface area (Å²) in [5.41, 5.74) is 0. The van der Waals surface area contributed by atoms with Gasteiger partial charge >= 0.3 is 11.9 Å². The molecule has 0 fully saturated rings. The predicted molar refractivity (Wildman–Crippen MR) is 103 cm³/mol. The van der Waals surface area contributed by atoms with Crippen molar-refractivity contribution in [2.75, 3.05) is 6.61 Å². The fourth-order valence-corrected chi connectivity index (χ4v) is 2.78. The topological polar surface area (TPSA) is 63.6 Å². The third-order valence-electron chi connectivity index (χ3n) is 4.28. The molecule has 0 bridgehead atoms. The van der Waals surface area contributed by atoms with E-state index in [1.54, 1.807) is 0 Å². The van der Waals surface area contributed by atoms with Crippen LogP contribution < -0.4 is 0 Å². The lowest BCUT2D eigenvalue weighted by atomic mass is 10.0. The number of carbonyl (C=O) groups is 2. The molecule has 1 N–H and O–H groups in total. The average molecular weight is 355 g/mol. The Hall–Kier alpha value is -1.32. The monoisotopic (exact) mass is 354 g/mol. The Kier molecular flexibility index (Phi) is 16.6. The molecule has 0 aliphatic carbocycles. The van der Waals surface area contributed by atoms with Gasteiger partial charge in [0.05, 0.1) is 6.61 Å². The summed E-state index contributed by atoms with van der Waals surface area (Å²) in [6, 6.07) is 0. The van der Waals surface area contributed by atoms with Gasteiger partial charge in [0.15, 0.2) is 0 Å². The van der Waals surface area contributed by atoms with Gasteiger partial charge in [-0.1, -0.05) is 90.9 Å². The molecule has 0 aromatic carbocycles. The maximum Gasteiger partial charge on any atom is 0.331 e. The standard InChI is InChI=1S/C21H38O4/c1-19(2)15-13-11-9-7-5-3-4-6-8-10-12-14-18-25-21(24)17-16-20(22)23/h16-17,19H,3-15,18H2,1-2H3,(H,22,23)/b17-16-. The molecule has 0 saturated carbocycles. The van der Waals surface area contributed by atoms with E-state index in [-0.39, 0.29) is 0 Å². The van der Waals surface area contributed by atoms with Crippen molar-refractivity contribution in [3.63, 3.8) is 0 Å². The van der Waals surface area contributed by atoms with Gasteiger partial charge in [-0.2, -0.15) is 0 Å². The van der Waals surface area contributed by atoms with Crippen LogP contribution in [0, 0.1) is 5.92 Å². The van der Waals surface area contributed by atoms with Crippen LogP contribution in [0.2, 0.25) is 0 Å². The van der Waals surface area contributed by atoms with Crippen LogP contribution in [0.1, 0.15) is 97.3 Å². The number of esters is 1.